The number of aliphatic hydroxyl groups is 1. The van der Waals surface area contributed by atoms with E-state index in [1.165, 1.54) is 5.56 Å². The maximum Gasteiger partial charge on any atom is 0.274 e. The number of aromatic nitrogens is 4. The molecule has 2 atom stereocenters. The zero-order valence-corrected chi connectivity index (χ0v) is 21.6. The van der Waals surface area contributed by atoms with E-state index in [0.717, 1.165) is 22.2 Å². The molecule has 5 rings (SSSR count). The van der Waals surface area contributed by atoms with Crippen LogP contribution in [0, 0.1) is 6.92 Å². The molecule has 0 bridgehead atoms. The second kappa shape index (κ2) is 9.82. The van der Waals surface area contributed by atoms with Gasteiger partial charge in [0.25, 0.3) is 5.56 Å². The number of rotatable bonds is 5. The molecule has 0 unspecified atom stereocenters. The summed E-state index contributed by atoms with van der Waals surface area (Å²) in [4.78, 5) is 37.9. The number of amides is 1. The van der Waals surface area contributed by atoms with Crippen LogP contribution in [0.15, 0.2) is 59.7 Å². The lowest BCUT2D eigenvalue weighted by atomic mass is 10.0. The first kappa shape index (κ1) is 24.7. The molecule has 3 heterocycles. The van der Waals surface area contributed by atoms with E-state index in [1.54, 1.807) is 29.0 Å². The molecule has 0 radical (unpaired) electrons. The van der Waals surface area contributed by atoms with Crippen LogP contribution in [0.3, 0.4) is 0 Å². The van der Waals surface area contributed by atoms with Gasteiger partial charge in [-0.05, 0) is 44.0 Å². The van der Waals surface area contributed by atoms with Gasteiger partial charge in [-0.2, -0.15) is 0 Å². The number of carbonyl (C=O) groups excluding carboxylic acids is 1. The predicted molar refractivity (Wildman–Crippen MR) is 144 cm³/mol. The normalized spacial score (nSPS) is 16.8. The minimum absolute atomic E-state index is 0.0256. The summed E-state index contributed by atoms with van der Waals surface area (Å²) in [7, 11) is 1.81. The van der Waals surface area contributed by atoms with E-state index in [2.05, 4.69) is 46.9 Å². The van der Waals surface area contributed by atoms with Crippen molar-refractivity contribution in [1.29, 1.82) is 0 Å². The Kier molecular flexibility index (Phi) is 6.55. The summed E-state index contributed by atoms with van der Waals surface area (Å²) < 4.78 is 3.73. The summed E-state index contributed by atoms with van der Waals surface area (Å²) in [6.45, 7) is 7.39. The molecule has 1 aliphatic heterocycles. The molecule has 1 N–H and O–H groups in total. The molecule has 1 fully saturated rings. The SMILES string of the molecule is Cc1cccc([C@@H](C)n2c3cc(-c4cnc(N5CCN(C(=O)CO)[C@H](C)C5)nc4)ccc3c(=O)n2C)c1. The highest BCUT2D eigenvalue weighted by Gasteiger charge is 2.28. The largest absolute Gasteiger partial charge is 0.387 e. The lowest BCUT2D eigenvalue weighted by Gasteiger charge is -2.39. The third kappa shape index (κ3) is 4.51. The molecule has 2 aromatic carbocycles. The summed E-state index contributed by atoms with van der Waals surface area (Å²) in [6.07, 6.45) is 3.60. The van der Waals surface area contributed by atoms with Crippen molar-refractivity contribution in [3.63, 3.8) is 0 Å². The van der Waals surface area contributed by atoms with Crippen molar-refractivity contribution in [3.05, 3.63) is 76.3 Å². The van der Waals surface area contributed by atoms with Crippen molar-refractivity contribution in [2.24, 2.45) is 7.05 Å². The first-order chi connectivity index (χ1) is 17.8. The van der Waals surface area contributed by atoms with Gasteiger partial charge in [0.1, 0.15) is 6.61 Å². The average Bonchev–Trinajstić information content (AvgIpc) is 3.16. The lowest BCUT2D eigenvalue weighted by molar-refractivity contribution is -0.136. The van der Waals surface area contributed by atoms with Crippen LogP contribution in [0.5, 0.6) is 0 Å². The monoisotopic (exact) mass is 500 g/mol. The van der Waals surface area contributed by atoms with E-state index in [1.807, 2.05) is 35.9 Å². The first-order valence-electron chi connectivity index (χ1n) is 12.5. The molecule has 37 heavy (non-hydrogen) atoms. The number of fused-ring (bicyclic) bond motifs is 1. The molecule has 9 heteroatoms. The number of hydrogen-bond donors (Lipinski definition) is 1. The Hall–Kier alpha value is -3.98. The summed E-state index contributed by atoms with van der Waals surface area (Å²) >= 11 is 0. The molecule has 192 valence electrons. The number of anilines is 1. The third-order valence-electron chi connectivity index (χ3n) is 7.32. The summed E-state index contributed by atoms with van der Waals surface area (Å²) in [5.41, 5.74) is 4.95. The van der Waals surface area contributed by atoms with Crippen LogP contribution >= 0.6 is 0 Å². The summed E-state index contributed by atoms with van der Waals surface area (Å²) in [5.74, 6) is 0.354. The van der Waals surface area contributed by atoms with Gasteiger partial charge in [-0.1, -0.05) is 35.9 Å². The van der Waals surface area contributed by atoms with Crippen LogP contribution in [-0.2, 0) is 11.8 Å². The van der Waals surface area contributed by atoms with Gasteiger partial charge < -0.3 is 14.9 Å². The van der Waals surface area contributed by atoms with Crippen molar-refractivity contribution in [2.45, 2.75) is 32.9 Å². The lowest BCUT2D eigenvalue weighted by Crippen LogP contribution is -2.55. The number of nitrogens with zero attached hydrogens (tertiary/aromatic N) is 6. The molecule has 1 saturated heterocycles. The Bertz CT molecular complexity index is 1510. The Morgan fingerprint density at radius 2 is 1.86 bits per heavy atom. The highest BCUT2D eigenvalue weighted by molar-refractivity contribution is 5.84. The van der Waals surface area contributed by atoms with E-state index in [-0.39, 0.29) is 23.6 Å². The molecular weight excluding hydrogens is 468 g/mol. The third-order valence-corrected chi connectivity index (χ3v) is 7.32. The summed E-state index contributed by atoms with van der Waals surface area (Å²) in [5, 5.41) is 9.85. The quantitative estimate of drug-likeness (QED) is 0.453. The Balaban J connectivity index is 1.44. The highest BCUT2D eigenvalue weighted by atomic mass is 16.3. The second-order valence-electron chi connectivity index (χ2n) is 9.81. The molecule has 1 amide bonds. The predicted octanol–water partition coefficient (Wildman–Crippen LogP) is 2.74. The fraction of sp³-hybridized carbons (Fsp3) is 0.357. The standard InChI is InChI=1S/C28H32N6O3/c1-18-6-5-7-21(12-18)20(3)34-25-13-22(8-9-24(25)27(37)31(34)4)23-14-29-28(30-15-23)32-10-11-33(19(2)16-32)26(36)17-35/h5-9,12-15,19-20,35H,10-11,16-17H2,1-4H3/t19-,20-/m1/s1. The van der Waals surface area contributed by atoms with Gasteiger partial charge >= 0.3 is 0 Å². The van der Waals surface area contributed by atoms with Crippen molar-refractivity contribution in [3.8, 4) is 11.1 Å². The fourth-order valence-corrected chi connectivity index (χ4v) is 5.29. The van der Waals surface area contributed by atoms with Crippen LogP contribution in [0.2, 0.25) is 0 Å². The van der Waals surface area contributed by atoms with Crippen molar-refractivity contribution in [2.75, 3.05) is 31.1 Å². The Morgan fingerprint density at radius 1 is 1.11 bits per heavy atom. The molecule has 9 nitrogen and oxygen atoms in total. The van der Waals surface area contributed by atoms with Crippen LogP contribution < -0.4 is 10.5 Å². The van der Waals surface area contributed by atoms with Crippen LogP contribution in [0.4, 0.5) is 5.95 Å². The van der Waals surface area contributed by atoms with E-state index < -0.39 is 6.61 Å². The zero-order chi connectivity index (χ0) is 26.3. The minimum Gasteiger partial charge on any atom is -0.387 e. The number of carbonyl (C=O) groups is 1. The Labute approximate surface area is 215 Å². The van der Waals surface area contributed by atoms with Crippen molar-refractivity contribution < 1.29 is 9.90 Å². The van der Waals surface area contributed by atoms with Gasteiger partial charge in [0.2, 0.25) is 11.9 Å². The molecule has 0 saturated carbocycles. The van der Waals surface area contributed by atoms with Crippen LogP contribution in [-0.4, -0.2) is 67.5 Å². The van der Waals surface area contributed by atoms with Gasteiger partial charge in [0, 0.05) is 50.7 Å². The second-order valence-corrected chi connectivity index (χ2v) is 9.81. The maximum atomic E-state index is 13.0. The molecule has 0 aliphatic carbocycles. The van der Waals surface area contributed by atoms with Crippen molar-refractivity contribution >= 4 is 22.8 Å². The first-order valence-corrected chi connectivity index (χ1v) is 12.5. The minimum atomic E-state index is -0.473. The van der Waals surface area contributed by atoms with E-state index in [9.17, 15) is 14.7 Å². The molecule has 4 aromatic rings. The van der Waals surface area contributed by atoms with E-state index in [0.29, 0.717) is 31.0 Å². The zero-order valence-electron chi connectivity index (χ0n) is 21.6. The van der Waals surface area contributed by atoms with Gasteiger partial charge in [0.05, 0.1) is 16.9 Å². The smallest absolute Gasteiger partial charge is 0.274 e. The summed E-state index contributed by atoms with van der Waals surface area (Å²) in [6, 6.07) is 14.1. The molecule has 0 spiro atoms. The number of piperazine rings is 1. The number of benzene rings is 2. The molecular formula is C28H32N6O3. The highest BCUT2D eigenvalue weighted by Crippen LogP contribution is 2.28. The topological polar surface area (TPSA) is 96.5 Å². The number of aliphatic hydroxyl groups excluding tert-OH is 1. The number of aryl methyl sites for hydroxylation is 1. The fourth-order valence-electron chi connectivity index (χ4n) is 5.29. The molecule has 1 aliphatic rings. The van der Waals surface area contributed by atoms with Crippen LogP contribution in [0.1, 0.15) is 31.0 Å². The van der Waals surface area contributed by atoms with Gasteiger partial charge in [-0.3, -0.25) is 19.0 Å². The Morgan fingerprint density at radius 3 is 2.54 bits per heavy atom. The average molecular weight is 501 g/mol. The van der Waals surface area contributed by atoms with Crippen molar-refractivity contribution in [1.82, 2.24) is 24.2 Å². The van der Waals surface area contributed by atoms with Gasteiger partial charge in [-0.15, -0.1) is 0 Å². The van der Waals surface area contributed by atoms with Gasteiger partial charge in [0.15, 0.2) is 0 Å². The van der Waals surface area contributed by atoms with E-state index in [4.69, 9.17) is 0 Å². The van der Waals surface area contributed by atoms with E-state index >= 15 is 0 Å². The van der Waals surface area contributed by atoms with Gasteiger partial charge in [-0.25, -0.2) is 9.97 Å². The van der Waals surface area contributed by atoms with Crippen LogP contribution in [0.25, 0.3) is 22.0 Å². The number of hydrogen-bond acceptors (Lipinski definition) is 6. The maximum absolute atomic E-state index is 13.0. The molecule has 2 aromatic heterocycles.